The van der Waals surface area contributed by atoms with E-state index in [1.54, 1.807) is 0 Å². The van der Waals surface area contributed by atoms with Gasteiger partial charge in [-0.3, -0.25) is 0 Å². The number of piperazine rings is 1. The molecule has 0 spiro atoms. The van der Waals surface area contributed by atoms with Gasteiger partial charge in [-0.05, 0) is 36.6 Å². The topological polar surface area (TPSA) is 15.3 Å². The van der Waals surface area contributed by atoms with Crippen LogP contribution in [-0.2, 0) is 0 Å². The van der Waals surface area contributed by atoms with E-state index in [1.165, 1.54) is 5.69 Å². The van der Waals surface area contributed by atoms with E-state index in [9.17, 15) is 0 Å². The van der Waals surface area contributed by atoms with Crippen LogP contribution in [0.15, 0.2) is 24.3 Å². The van der Waals surface area contributed by atoms with Crippen molar-refractivity contribution in [3.8, 4) is 0 Å². The molecule has 1 N–H and O–H groups in total. The highest BCUT2D eigenvalue weighted by molar-refractivity contribution is 6.30. The molecule has 3 heteroatoms. The van der Waals surface area contributed by atoms with Gasteiger partial charge in [0.25, 0.3) is 0 Å². The van der Waals surface area contributed by atoms with Crippen LogP contribution in [0.25, 0.3) is 0 Å². The number of nitrogens with zero attached hydrogens (tertiary/aromatic N) is 1. The normalized spacial score (nSPS) is 25.3. The van der Waals surface area contributed by atoms with Gasteiger partial charge in [0.1, 0.15) is 0 Å². The van der Waals surface area contributed by atoms with Crippen LogP contribution in [0.2, 0.25) is 5.02 Å². The van der Waals surface area contributed by atoms with Crippen molar-refractivity contribution >= 4 is 17.3 Å². The predicted octanol–water partition coefficient (Wildman–Crippen LogP) is 3.55. The highest BCUT2D eigenvalue weighted by Crippen LogP contribution is 2.27. The van der Waals surface area contributed by atoms with Crippen molar-refractivity contribution in [2.75, 3.05) is 18.0 Å². The highest BCUT2D eigenvalue weighted by Gasteiger charge is 2.32. The van der Waals surface area contributed by atoms with Crippen LogP contribution in [0.1, 0.15) is 27.7 Å². The van der Waals surface area contributed by atoms with Gasteiger partial charge in [-0.15, -0.1) is 0 Å². The van der Waals surface area contributed by atoms with Crippen LogP contribution in [-0.4, -0.2) is 25.2 Å². The number of anilines is 1. The minimum absolute atomic E-state index is 0.283. The fourth-order valence-electron chi connectivity index (χ4n) is 2.44. The highest BCUT2D eigenvalue weighted by atomic mass is 35.5. The second-order valence-electron chi connectivity index (χ2n) is 6.30. The molecule has 0 bridgehead atoms. The molecular formula is C15H23ClN2. The molecule has 1 heterocycles. The lowest BCUT2D eigenvalue weighted by molar-refractivity contribution is 0.239. The zero-order valence-corrected chi connectivity index (χ0v) is 12.5. The Morgan fingerprint density at radius 1 is 1.22 bits per heavy atom. The summed E-state index contributed by atoms with van der Waals surface area (Å²) in [6, 6.07) is 9.21. The first-order valence-corrected chi connectivity index (χ1v) is 7.01. The van der Waals surface area contributed by atoms with E-state index < -0.39 is 0 Å². The maximum atomic E-state index is 5.96. The molecule has 0 saturated carbocycles. The lowest BCUT2D eigenvalue weighted by Gasteiger charge is -2.45. The van der Waals surface area contributed by atoms with Crippen LogP contribution >= 0.6 is 11.6 Å². The molecule has 100 valence electrons. The Morgan fingerprint density at radius 2 is 1.83 bits per heavy atom. The summed E-state index contributed by atoms with van der Waals surface area (Å²) < 4.78 is 0. The zero-order chi connectivity index (χ0) is 13.3. The van der Waals surface area contributed by atoms with Crippen molar-refractivity contribution in [3.05, 3.63) is 29.3 Å². The largest absolute Gasteiger partial charge is 0.366 e. The summed E-state index contributed by atoms with van der Waals surface area (Å²) in [7, 11) is 0. The van der Waals surface area contributed by atoms with Gasteiger partial charge in [-0.2, -0.15) is 0 Å². The molecule has 1 fully saturated rings. The molecule has 0 aliphatic carbocycles. The minimum atomic E-state index is 0.283. The summed E-state index contributed by atoms with van der Waals surface area (Å²) in [4.78, 5) is 2.47. The molecule has 2 atom stereocenters. The number of benzene rings is 1. The van der Waals surface area contributed by atoms with E-state index in [1.807, 2.05) is 12.1 Å². The summed E-state index contributed by atoms with van der Waals surface area (Å²) in [6.45, 7) is 11.2. The monoisotopic (exact) mass is 266 g/mol. The van der Waals surface area contributed by atoms with E-state index in [0.29, 0.717) is 12.1 Å². The van der Waals surface area contributed by atoms with Crippen molar-refractivity contribution in [2.24, 2.45) is 5.41 Å². The molecule has 0 aromatic heterocycles. The quantitative estimate of drug-likeness (QED) is 0.836. The third-order valence-electron chi connectivity index (χ3n) is 3.77. The Kier molecular flexibility index (Phi) is 3.88. The standard InChI is InChI=1S/C15H23ClN2/c1-11-9-17-14(15(2,3)4)10-18(11)13-7-5-12(16)6-8-13/h5-8,11,14,17H,9-10H2,1-4H3. The van der Waals surface area contributed by atoms with Crippen LogP contribution in [0.5, 0.6) is 0 Å². The van der Waals surface area contributed by atoms with E-state index in [0.717, 1.165) is 18.1 Å². The number of rotatable bonds is 1. The average Bonchev–Trinajstić information content (AvgIpc) is 2.29. The summed E-state index contributed by atoms with van der Waals surface area (Å²) in [5, 5.41) is 4.45. The zero-order valence-electron chi connectivity index (χ0n) is 11.7. The van der Waals surface area contributed by atoms with Crippen LogP contribution in [0.3, 0.4) is 0 Å². The molecular weight excluding hydrogens is 244 g/mol. The third kappa shape index (κ3) is 2.99. The van der Waals surface area contributed by atoms with Gasteiger partial charge in [-0.1, -0.05) is 32.4 Å². The number of hydrogen-bond donors (Lipinski definition) is 1. The summed E-state index contributed by atoms with van der Waals surface area (Å²) in [5.41, 5.74) is 1.55. The molecule has 0 amide bonds. The first-order valence-electron chi connectivity index (χ1n) is 6.63. The van der Waals surface area contributed by atoms with Crippen molar-refractivity contribution < 1.29 is 0 Å². The Bertz CT molecular complexity index is 394. The van der Waals surface area contributed by atoms with Gasteiger partial charge in [-0.25, -0.2) is 0 Å². The number of hydrogen-bond acceptors (Lipinski definition) is 2. The van der Waals surface area contributed by atoms with Crippen molar-refractivity contribution in [2.45, 2.75) is 39.8 Å². The van der Waals surface area contributed by atoms with Crippen molar-refractivity contribution in [1.29, 1.82) is 0 Å². The van der Waals surface area contributed by atoms with Crippen molar-refractivity contribution in [1.82, 2.24) is 5.32 Å². The molecule has 1 aromatic rings. The smallest absolute Gasteiger partial charge is 0.0407 e. The Labute approximate surface area is 115 Å². The number of halogens is 1. The second-order valence-corrected chi connectivity index (χ2v) is 6.74. The van der Waals surface area contributed by atoms with Gasteiger partial charge in [0.15, 0.2) is 0 Å². The molecule has 18 heavy (non-hydrogen) atoms. The van der Waals surface area contributed by atoms with E-state index in [2.05, 4.69) is 50.0 Å². The minimum Gasteiger partial charge on any atom is -0.366 e. The maximum Gasteiger partial charge on any atom is 0.0407 e. The van der Waals surface area contributed by atoms with Gasteiger partial charge in [0.2, 0.25) is 0 Å². The first kappa shape index (κ1) is 13.7. The second kappa shape index (κ2) is 5.10. The summed E-state index contributed by atoms with van der Waals surface area (Å²) >= 11 is 5.96. The van der Waals surface area contributed by atoms with Gasteiger partial charge in [0.05, 0.1) is 0 Å². The molecule has 1 aliphatic rings. The molecule has 1 saturated heterocycles. The van der Waals surface area contributed by atoms with Crippen molar-refractivity contribution in [3.63, 3.8) is 0 Å². The lowest BCUT2D eigenvalue weighted by Crippen LogP contribution is -2.59. The number of nitrogens with one attached hydrogen (secondary N) is 1. The maximum absolute atomic E-state index is 5.96. The third-order valence-corrected chi connectivity index (χ3v) is 4.03. The van der Waals surface area contributed by atoms with Crippen LogP contribution in [0.4, 0.5) is 5.69 Å². The predicted molar refractivity (Wildman–Crippen MR) is 79.5 cm³/mol. The van der Waals surface area contributed by atoms with Gasteiger partial charge in [0, 0.05) is 35.9 Å². The molecule has 0 radical (unpaired) electrons. The molecule has 2 rings (SSSR count). The first-order chi connectivity index (χ1) is 8.38. The molecule has 1 aromatic carbocycles. The fourth-order valence-corrected chi connectivity index (χ4v) is 2.56. The van der Waals surface area contributed by atoms with Gasteiger partial charge >= 0.3 is 0 Å². The molecule has 1 aliphatic heterocycles. The SMILES string of the molecule is CC1CNC(C(C)(C)C)CN1c1ccc(Cl)cc1. The van der Waals surface area contributed by atoms with E-state index in [-0.39, 0.29) is 5.41 Å². The van der Waals surface area contributed by atoms with E-state index in [4.69, 9.17) is 11.6 Å². The summed E-state index contributed by atoms with van der Waals surface area (Å²) in [6.07, 6.45) is 0. The molecule has 2 unspecified atom stereocenters. The average molecular weight is 267 g/mol. The van der Waals surface area contributed by atoms with Crippen LogP contribution in [0, 0.1) is 5.41 Å². The van der Waals surface area contributed by atoms with E-state index >= 15 is 0 Å². The fraction of sp³-hybridized carbons (Fsp3) is 0.600. The Balaban J connectivity index is 2.17. The molecule has 2 nitrogen and oxygen atoms in total. The Morgan fingerprint density at radius 3 is 2.39 bits per heavy atom. The lowest BCUT2D eigenvalue weighted by atomic mass is 9.84. The van der Waals surface area contributed by atoms with Gasteiger partial charge < -0.3 is 10.2 Å². The van der Waals surface area contributed by atoms with Crippen LogP contribution < -0.4 is 10.2 Å². The summed E-state index contributed by atoms with van der Waals surface area (Å²) in [5.74, 6) is 0. The Hall–Kier alpha value is -0.730.